The van der Waals surface area contributed by atoms with E-state index in [0.717, 1.165) is 5.56 Å². The number of amides is 2. The number of halogens is 1. The average Bonchev–Trinajstić information content (AvgIpc) is 3.22. The van der Waals surface area contributed by atoms with Gasteiger partial charge in [0.25, 0.3) is 11.8 Å². The number of carbonyl (C=O) groups is 2. The fraction of sp³-hybridized carbons (Fsp3) is 0.0909. The highest BCUT2D eigenvalue weighted by molar-refractivity contribution is 6.30. The number of carbonyl (C=O) groups excluding carboxylic acids is 2. The highest BCUT2D eigenvalue weighted by atomic mass is 35.5. The standard InChI is InChI=1S/C22H18ClN5O3/c23-15-6-8-16(9-7-15)31-11-10-25-22(30)18-12-17(14-4-2-1-3-5-14)27-21-19(20(24)29)26-13-28(18)21/h1-9,12-13H,10-11H2,(H2,24,29)(H,25,30). The summed E-state index contributed by atoms with van der Waals surface area (Å²) in [5.74, 6) is -0.433. The lowest BCUT2D eigenvalue weighted by molar-refractivity contribution is 0.0939. The van der Waals surface area contributed by atoms with Gasteiger partial charge >= 0.3 is 0 Å². The fourth-order valence-corrected chi connectivity index (χ4v) is 3.16. The van der Waals surface area contributed by atoms with E-state index in [-0.39, 0.29) is 36.1 Å². The Morgan fingerprint density at radius 1 is 1.10 bits per heavy atom. The van der Waals surface area contributed by atoms with Gasteiger partial charge in [0.2, 0.25) is 0 Å². The normalized spacial score (nSPS) is 10.7. The van der Waals surface area contributed by atoms with Gasteiger partial charge in [-0.2, -0.15) is 0 Å². The van der Waals surface area contributed by atoms with Gasteiger partial charge < -0.3 is 15.8 Å². The van der Waals surface area contributed by atoms with Gasteiger partial charge in [0, 0.05) is 10.6 Å². The van der Waals surface area contributed by atoms with Crippen molar-refractivity contribution in [3.8, 4) is 17.0 Å². The number of nitrogens with zero attached hydrogens (tertiary/aromatic N) is 3. The Hall–Kier alpha value is -3.91. The summed E-state index contributed by atoms with van der Waals surface area (Å²) in [5.41, 5.74) is 7.23. The molecule has 2 aromatic heterocycles. The first-order valence-corrected chi connectivity index (χ1v) is 9.80. The Morgan fingerprint density at radius 3 is 2.55 bits per heavy atom. The molecule has 0 saturated carbocycles. The van der Waals surface area contributed by atoms with Crippen LogP contribution in [0.2, 0.25) is 5.02 Å². The molecule has 0 aliphatic carbocycles. The fourth-order valence-electron chi connectivity index (χ4n) is 3.03. The summed E-state index contributed by atoms with van der Waals surface area (Å²) in [6.45, 7) is 0.535. The van der Waals surface area contributed by atoms with Crippen molar-refractivity contribution in [2.75, 3.05) is 13.2 Å². The van der Waals surface area contributed by atoms with Gasteiger partial charge in [0.15, 0.2) is 11.3 Å². The van der Waals surface area contributed by atoms with Crippen molar-refractivity contribution < 1.29 is 14.3 Å². The predicted octanol–water partition coefficient (Wildman–Crippen LogP) is 2.96. The molecule has 4 aromatic rings. The largest absolute Gasteiger partial charge is 0.492 e. The van der Waals surface area contributed by atoms with Gasteiger partial charge in [0.1, 0.15) is 24.4 Å². The number of nitrogens with two attached hydrogens (primary N) is 1. The van der Waals surface area contributed by atoms with Crippen LogP contribution in [0.1, 0.15) is 21.0 Å². The number of nitrogens with one attached hydrogen (secondary N) is 1. The average molecular weight is 436 g/mol. The van der Waals surface area contributed by atoms with Crippen LogP contribution in [0.3, 0.4) is 0 Å². The summed E-state index contributed by atoms with van der Waals surface area (Å²) in [6.07, 6.45) is 1.36. The number of aromatic nitrogens is 3. The van der Waals surface area contributed by atoms with Crippen molar-refractivity contribution in [3.05, 3.63) is 83.4 Å². The monoisotopic (exact) mass is 435 g/mol. The van der Waals surface area contributed by atoms with E-state index < -0.39 is 5.91 Å². The molecule has 0 radical (unpaired) electrons. The molecule has 9 heteroatoms. The van der Waals surface area contributed by atoms with Gasteiger partial charge in [0.05, 0.1) is 12.2 Å². The Kier molecular flexibility index (Phi) is 5.81. The maximum absolute atomic E-state index is 12.9. The SMILES string of the molecule is NC(=O)c1ncn2c(C(=O)NCCOc3ccc(Cl)cc3)cc(-c3ccccc3)nc12. The van der Waals surface area contributed by atoms with Crippen LogP contribution in [0.5, 0.6) is 5.75 Å². The number of rotatable bonds is 7. The Labute approximate surface area is 182 Å². The third-order valence-corrected chi connectivity index (χ3v) is 4.76. The van der Waals surface area contributed by atoms with Crippen LogP contribution in [0, 0.1) is 0 Å². The molecular weight excluding hydrogens is 418 g/mol. The van der Waals surface area contributed by atoms with E-state index in [1.807, 2.05) is 30.3 Å². The highest BCUT2D eigenvalue weighted by Gasteiger charge is 2.19. The second-order valence-electron chi connectivity index (χ2n) is 6.60. The van der Waals surface area contributed by atoms with Gasteiger partial charge in [-0.25, -0.2) is 9.97 Å². The summed E-state index contributed by atoms with van der Waals surface area (Å²) in [5, 5.41) is 3.43. The predicted molar refractivity (Wildman–Crippen MR) is 116 cm³/mol. The van der Waals surface area contributed by atoms with E-state index >= 15 is 0 Å². The molecule has 2 heterocycles. The summed E-state index contributed by atoms with van der Waals surface area (Å²) in [6, 6.07) is 17.9. The van der Waals surface area contributed by atoms with Gasteiger partial charge in [-0.3, -0.25) is 14.0 Å². The van der Waals surface area contributed by atoms with E-state index in [2.05, 4.69) is 15.3 Å². The molecule has 4 rings (SSSR count). The molecule has 3 N–H and O–H groups in total. The molecule has 0 saturated heterocycles. The zero-order chi connectivity index (χ0) is 21.8. The van der Waals surface area contributed by atoms with Gasteiger partial charge in [-0.15, -0.1) is 0 Å². The van der Waals surface area contributed by atoms with E-state index in [4.69, 9.17) is 22.1 Å². The van der Waals surface area contributed by atoms with Crippen LogP contribution in [-0.2, 0) is 0 Å². The lowest BCUT2D eigenvalue weighted by Gasteiger charge is -2.11. The summed E-state index contributed by atoms with van der Waals surface area (Å²) >= 11 is 5.85. The lowest BCUT2D eigenvalue weighted by Crippen LogP contribution is -2.29. The molecule has 31 heavy (non-hydrogen) atoms. The highest BCUT2D eigenvalue weighted by Crippen LogP contribution is 2.21. The van der Waals surface area contributed by atoms with Crippen molar-refractivity contribution in [3.63, 3.8) is 0 Å². The summed E-state index contributed by atoms with van der Waals surface area (Å²) in [4.78, 5) is 33.2. The Morgan fingerprint density at radius 2 is 1.84 bits per heavy atom. The van der Waals surface area contributed by atoms with E-state index in [1.54, 1.807) is 30.3 Å². The molecule has 0 bridgehead atoms. The maximum atomic E-state index is 12.9. The molecule has 0 atom stereocenters. The first kappa shape index (κ1) is 20.4. The van der Waals surface area contributed by atoms with Crippen LogP contribution in [-0.4, -0.2) is 39.3 Å². The number of hydrogen-bond acceptors (Lipinski definition) is 5. The minimum absolute atomic E-state index is 0.00194. The number of benzene rings is 2. The lowest BCUT2D eigenvalue weighted by atomic mass is 10.1. The Bertz CT molecular complexity index is 1240. The van der Waals surface area contributed by atoms with E-state index in [9.17, 15) is 9.59 Å². The number of hydrogen-bond donors (Lipinski definition) is 2. The third-order valence-electron chi connectivity index (χ3n) is 4.51. The van der Waals surface area contributed by atoms with E-state index in [0.29, 0.717) is 16.5 Å². The molecular formula is C22H18ClN5O3. The van der Waals surface area contributed by atoms with Crippen molar-refractivity contribution in [2.24, 2.45) is 5.73 Å². The maximum Gasteiger partial charge on any atom is 0.271 e. The molecule has 8 nitrogen and oxygen atoms in total. The number of ether oxygens (including phenoxy) is 1. The van der Waals surface area contributed by atoms with Crippen molar-refractivity contribution >= 4 is 29.1 Å². The van der Waals surface area contributed by atoms with Crippen LogP contribution in [0.25, 0.3) is 16.9 Å². The molecule has 0 unspecified atom stereocenters. The minimum Gasteiger partial charge on any atom is -0.492 e. The van der Waals surface area contributed by atoms with Crippen molar-refractivity contribution in [1.29, 1.82) is 0 Å². The second kappa shape index (κ2) is 8.85. The quantitative estimate of drug-likeness (QED) is 0.433. The molecule has 2 amide bonds. The number of primary amides is 1. The summed E-state index contributed by atoms with van der Waals surface area (Å²) < 4.78 is 7.04. The third kappa shape index (κ3) is 4.49. The van der Waals surface area contributed by atoms with Crippen molar-refractivity contribution in [2.45, 2.75) is 0 Å². The molecule has 156 valence electrons. The van der Waals surface area contributed by atoms with Crippen LogP contribution >= 0.6 is 11.6 Å². The molecule has 2 aromatic carbocycles. The van der Waals surface area contributed by atoms with Gasteiger partial charge in [-0.1, -0.05) is 41.9 Å². The zero-order valence-electron chi connectivity index (χ0n) is 16.3. The second-order valence-corrected chi connectivity index (χ2v) is 7.04. The van der Waals surface area contributed by atoms with Crippen LogP contribution in [0.15, 0.2) is 67.0 Å². The molecule has 0 spiro atoms. The number of fused-ring (bicyclic) bond motifs is 1. The molecule has 0 aliphatic rings. The van der Waals surface area contributed by atoms with E-state index in [1.165, 1.54) is 10.7 Å². The first-order chi connectivity index (χ1) is 15.0. The smallest absolute Gasteiger partial charge is 0.271 e. The molecule has 0 fully saturated rings. The topological polar surface area (TPSA) is 112 Å². The van der Waals surface area contributed by atoms with Gasteiger partial charge in [-0.05, 0) is 30.3 Å². The van der Waals surface area contributed by atoms with Crippen LogP contribution < -0.4 is 15.8 Å². The first-order valence-electron chi connectivity index (χ1n) is 9.43. The molecule has 0 aliphatic heterocycles. The summed E-state index contributed by atoms with van der Waals surface area (Å²) in [7, 11) is 0. The number of imidazole rings is 1. The minimum atomic E-state index is -0.720. The Balaban J connectivity index is 1.57. The van der Waals surface area contributed by atoms with Crippen LogP contribution in [0.4, 0.5) is 0 Å². The zero-order valence-corrected chi connectivity index (χ0v) is 17.0. The van der Waals surface area contributed by atoms with Crippen molar-refractivity contribution in [1.82, 2.24) is 19.7 Å².